The number of hydrogen-bond donors (Lipinski definition) is 3. The SMILES string of the molecule is CCCCCCCC(=O)Nc1nc2[nH]cc(CN(CC)CC)c2c(=O)[nH]1. The van der Waals surface area contributed by atoms with Gasteiger partial charge in [-0.25, -0.2) is 0 Å². The minimum Gasteiger partial charge on any atom is -0.346 e. The second kappa shape index (κ2) is 10.1. The molecule has 144 valence electrons. The van der Waals surface area contributed by atoms with Gasteiger partial charge in [-0.15, -0.1) is 0 Å². The van der Waals surface area contributed by atoms with Crippen LogP contribution in [0.1, 0.15) is 64.9 Å². The summed E-state index contributed by atoms with van der Waals surface area (Å²) in [4.78, 5) is 36.8. The van der Waals surface area contributed by atoms with Crippen LogP contribution in [0.5, 0.6) is 0 Å². The van der Waals surface area contributed by atoms with Gasteiger partial charge in [0, 0.05) is 19.2 Å². The van der Waals surface area contributed by atoms with Crippen molar-refractivity contribution in [3.63, 3.8) is 0 Å². The fraction of sp³-hybridized carbons (Fsp3) is 0.632. The summed E-state index contributed by atoms with van der Waals surface area (Å²) < 4.78 is 0. The Balaban J connectivity index is 2.02. The number of unbranched alkanes of at least 4 members (excludes halogenated alkanes) is 4. The minimum atomic E-state index is -0.225. The van der Waals surface area contributed by atoms with Crippen molar-refractivity contribution in [2.45, 2.75) is 65.8 Å². The molecule has 0 bridgehead atoms. The molecule has 0 aliphatic carbocycles. The smallest absolute Gasteiger partial charge is 0.262 e. The van der Waals surface area contributed by atoms with Gasteiger partial charge in [-0.2, -0.15) is 4.98 Å². The number of hydrogen-bond acceptors (Lipinski definition) is 4. The standard InChI is InChI=1S/C19H31N5O2/c1-4-7-8-9-10-11-15(25)21-19-22-17-16(18(26)23-19)14(12-20-17)13-24(5-2)6-3/h12H,4-11,13H2,1-3H3,(H3,20,21,22,23,25,26). The zero-order valence-corrected chi connectivity index (χ0v) is 16.2. The number of fused-ring (bicyclic) bond motifs is 1. The molecule has 2 aromatic heterocycles. The molecule has 0 radical (unpaired) electrons. The van der Waals surface area contributed by atoms with Crippen molar-refractivity contribution in [2.75, 3.05) is 18.4 Å². The fourth-order valence-corrected chi connectivity index (χ4v) is 3.06. The number of aromatic amines is 2. The topological polar surface area (TPSA) is 93.9 Å². The molecule has 2 rings (SSSR count). The van der Waals surface area contributed by atoms with Crippen LogP contribution in [0.15, 0.2) is 11.0 Å². The Morgan fingerprint density at radius 1 is 1.15 bits per heavy atom. The molecule has 7 heteroatoms. The molecule has 3 N–H and O–H groups in total. The molecule has 0 saturated carbocycles. The monoisotopic (exact) mass is 361 g/mol. The van der Waals surface area contributed by atoms with Gasteiger partial charge < -0.3 is 4.98 Å². The second-order valence-electron chi connectivity index (χ2n) is 6.63. The Kier molecular flexibility index (Phi) is 7.84. The van der Waals surface area contributed by atoms with Crippen LogP contribution in [0.25, 0.3) is 11.0 Å². The molecule has 0 aromatic carbocycles. The number of H-pyrrole nitrogens is 2. The van der Waals surface area contributed by atoms with Gasteiger partial charge in [0.15, 0.2) is 0 Å². The number of carbonyl (C=O) groups is 1. The molecular weight excluding hydrogens is 330 g/mol. The third kappa shape index (κ3) is 5.42. The van der Waals surface area contributed by atoms with E-state index in [4.69, 9.17) is 0 Å². The van der Waals surface area contributed by atoms with Gasteiger partial charge in [0.05, 0.1) is 5.39 Å². The van der Waals surface area contributed by atoms with Crippen LogP contribution in [0.4, 0.5) is 5.95 Å². The summed E-state index contributed by atoms with van der Waals surface area (Å²) in [7, 11) is 0. The Bertz CT molecular complexity index is 761. The molecular formula is C19H31N5O2. The van der Waals surface area contributed by atoms with Gasteiger partial charge in [-0.05, 0) is 25.1 Å². The molecule has 0 spiro atoms. The molecule has 0 saturated heterocycles. The van der Waals surface area contributed by atoms with Gasteiger partial charge >= 0.3 is 0 Å². The number of amides is 1. The van der Waals surface area contributed by atoms with Gasteiger partial charge in [-0.1, -0.05) is 46.5 Å². The molecule has 26 heavy (non-hydrogen) atoms. The minimum absolute atomic E-state index is 0.112. The lowest BCUT2D eigenvalue weighted by molar-refractivity contribution is -0.116. The summed E-state index contributed by atoms with van der Waals surface area (Å²) in [5, 5.41) is 3.27. The zero-order chi connectivity index (χ0) is 18.9. The Morgan fingerprint density at radius 2 is 1.88 bits per heavy atom. The van der Waals surface area contributed by atoms with E-state index in [0.717, 1.165) is 37.9 Å². The second-order valence-corrected chi connectivity index (χ2v) is 6.63. The van der Waals surface area contributed by atoms with Crippen LogP contribution in [-0.4, -0.2) is 38.8 Å². The van der Waals surface area contributed by atoms with Crippen LogP contribution in [-0.2, 0) is 11.3 Å². The third-order valence-electron chi connectivity index (χ3n) is 4.68. The average molecular weight is 361 g/mol. The molecule has 2 heterocycles. The van der Waals surface area contributed by atoms with E-state index in [1.165, 1.54) is 12.8 Å². The van der Waals surface area contributed by atoms with E-state index in [1.807, 2.05) is 6.20 Å². The average Bonchev–Trinajstić information content (AvgIpc) is 3.02. The van der Waals surface area contributed by atoms with Crippen LogP contribution in [0.3, 0.4) is 0 Å². The summed E-state index contributed by atoms with van der Waals surface area (Å²) in [6, 6.07) is 0. The predicted molar refractivity (Wildman–Crippen MR) is 105 cm³/mol. The summed E-state index contributed by atoms with van der Waals surface area (Å²) in [5.74, 6) is 0.0937. The van der Waals surface area contributed by atoms with Gasteiger partial charge in [-0.3, -0.25) is 24.8 Å². The zero-order valence-electron chi connectivity index (χ0n) is 16.2. The molecule has 2 aromatic rings. The van der Waals surface area contributed by atoms with E-state index in [0.29, 0.717) is 24.0 Å². The summed E-state index contributed by atoms with van der Waals surface area (Å²) in [6.07, 6.45) is 7.72. The van der Waals surface area contributed by atoms with Crippen LogP contribution in [0, 0.1) is 0 Å². The molecule has 0 atom stereocenters. The van der Waals surface area contributed by atoms with Crippen molar-refractivity contribution in [2.24, 2.45) is 0 Å². The molecule has 0 aliphatic rings. The van der Waals surface area contributed by atoms with Crippen molar-refractivity contribution in [1.29, 1.82) is 0 Å². The first kappa shape index (κ1) is 20.2. The first-order valence-electron chi connectivity index (χ1n) is 9.71. The number of anilines is 1. The highest BCUT2D eigenvalue weighted by Crippen LogP contribution is 2.15. The molecule has 7 nitrogen and oxygen atoms in total. The largest absolute Gasteiger partial charge is 0.346 e. The molecule has 0 fully saturated rings. The highest BCUT2D eigenvalue weighted by molar-refractivity contribution is 5.90. The van der Waals surface area contributed by atoms with Crippen LogP contribution in [0.2, 0.25) is 0 Å². The van der Waals surface area contributed by atoms with Crippen molar-refractivity contribution in [1.82, 2.24) is 19.9 Å². The number of carbonyl (C=O) groups excluding carboxylic acids is 1. The highest BCUT2D eigenvalue weighted by Gasteiger charge is 2.14. The summed E-state index contributed by atoms with van der Waals surface area (Å²) >= 11 is 0. The molecule has 0 aliphatic heterocycles. The van der Waals surface area contributed by atoms with E-state index in [2.05, 4.69) is 45.9 Å². The van der Waals surface area contributed by atoms with Crippen molar-refractivity contribution in [3.8, 4) is 0 Å². The van der Waals surface area contributed by atoms with Crippen LogP contribution >= 0.6 is 0 Å². The van der Waals surface area contributed by atoms with Crippen molar-refractivity contribution in [3.05, 3.63) is 22.1 Å². The van der Waals surface area contributed by atoms with Gasteiger partial charge in [0.1, 0.15) is 5.65 Å². The molecule has 1 amide bonds. The summed E-state index contributed by atoms with van der Waals surface area (Å²) in [5.41, 5.74) is 1.21. The van der Waals surface area contributed by atoms with E-state index in [1.54, 1.807) is 0 Å². The van der Waals surface area contributed by atoms with E-state index in [-0.39, 0.29) is 17.4 Å². The quantitative estimate of drug-likeness (QED) is 0.535. The number of nitrogens with zero attached hydrogens (tertiary/aromatic N) is 2. The van der Waals surface area contributed by atoms with E-state index in [9.17, 15) is 9.59 Å². The Morgan fingerprint density at radius 3 is 2.58 bits per heavy atom. The lowest BCUT2D eigenvalue weighted by Crippen LogP contribution is -2.23. The Hall–Kier alpha value is -2.15. The lowest BCUT2D eigenvalue weighted by atomic mass is 10.1. The van der Waals surface area contributed by atoms with Gasteiger partial charge in [0.2, 0.25) is 11.9 Å². The fourth-order valence-electron chi connectivity index (χ4n) is 3.06. The molecule has 0 unspecified atom stereocenters. The number of nitrogens with one attached hydrogen (secondary N) is 3. The van der Waals surface area contributed by atoms with E-state index < -0.39 is 0 Å². The third-order valence-corrected chi connectivity index (χ3v) is 4.68. The normalized spacial score (nSPS) is 11.4. The first-order chi connectivity index (χ1) is 12.6. The van der Waals surface area contributed by atoms with Gasteiger partial charge in [0.25, 0.3) is 5.56 Å². The van der Waals surface area contributed by atoms with Crippen molar-refractivity contribution >= 4 is 22.9 Å². The maximum absolute atomic E-state index is 12.5. The number of aromatic nitrogens is 3. The maximum Gasteiger partial charge on any atom is 0.262 e. The van der Waals surface area contributed by atoms with E-state index >= 15 is 0 Å². The maximum atomic E-state index is 12.5. The predicted octanol–water partition coefficient (Wildman–Crippen LogP) is 3.39. The lowest BCUT2D eigenvalue weighted by Gasteiger charge is -2.16. The first-order valence-corrected chi connectivity index (χ1v) is 9.71. The highest BCUT2D eigenvalue weighted by atomic mass is 16.2. The number of rotatable bonds is 11. The summed E-state index contributed by atoms with van der Waals surface area (Å²) in [6.45, 7) is 8.88. The Labute approximate surface area is 154 Å². The van der Waals surface area contributed by atoms with Crippen LogP contribution < -0.4 is 10.9 Å². The van der Waals surface area contributed by atoms with Crippen molar-refractivity contribution < 1.29 is 4.79 Å².